The van der Waals surface area contributed by atoms with Gasteiger partial charge in [-0.05, 0) is 35.7 Å². The van der Waals surface area contributed by atoms with E-state index < -0.39 is 10.0 Å². The summed E-state index contributed by atoms with van der Waals surface area (Å²) in [5.41, 5.74) is 1.45. The Morgan fingerprint density at radius 3 is 2.30 bits per heavy atom. The van der Waals surface area contributed by atoms with Gasteiger partial charge in [0.2, 0.25) is 10.0 Å². The standard InChI is InChI=1S/C22H25N3O4S/c1-17(2)18-7-9-20(10-8-18)30(27,28)25-13-11-24(12-14-25)22(26)16-29-21-6-4-3-5-19(21)15-23/h3-10,17H,11-14,16H2,1-2H3. The van der Waals surface area contributed by atoms with Crippen LogP contribution in [0.4, 0.5) is 0 Å². The number of para-hydroxylation sites is 1. The van der Waals surface area contributed by atoms with Gasteiger partial charge in [0, 0.05) is 26.2 Å². The summed E-state index contributed by atoms with van der Waals surface area (Å²) < 4.78 is 32.7. The molecule has 0 saturated carbocycles. The van der Waals surface area contributed by atoms with Crippen LogP contribution in [-0.4, -0.2) is 56.3 Å². The molecule has 1 saturated heterocycles. The lowest BCUT2D eigenvalue weighted by Gasteiger charge is -2.34. The number of benzene rings is 2. The summed E-state index contributed by atoms with van der Waals surface area (Å²) in [6.45, 7) is 4.98. The minimum Gasteiger partial charge on any atom is -0.482 e. The molecule has 0 bridgehead atoms. The highest BCUT2D eigenvalue weighted by Gasteiger charge is 2.30. The first kappa shape index (κ1) is 21.8. The van der Waals surface area contributed by atoms with Crippen molar-refractivity contribution in [2.45, 2.75) is 24.7 Å². The van der Waals surface area contributed by atoms with E-state index in [2.05, 4.69) is 13.8 Å². The predicted octanol–water partition coefficient (Wildman–Crippen LogP) is 2.59. The molecule has 158 valence electrons. The maximum absolute atomic E-state index is 12.9. The lowest BCUT2D eigenvalue weighted by atomic mass is 10.0. The minimum atomic E-state index is -3.59. The van der Waals surface area contributed by atoms with Gasteiger partial charge < -0.3 is 9.64 Å². The van der Waals surface area contributed by atoms with Crippen LogP contribution in [0.5, 0.6) is 5.75 Å². The smallest absolute Gasteiger partial charge is 0.260 e. The van der Waals surface area contributed by atoms with Gasteiger partial charge in [-0.3, -0.25) is 4.79 Å². The van der Waals surface area contributed by atoms with Crippen molar-refractivity contribution in [3.63, 3.8) is 0 Å². The number of sulfonamides is 1. The van der Waals surface area contributed by atoms with Crippen molar-refractivity contribution in [1.82, 2.24) is 9.21 Å². The van der Waals surface area contributed by atoms with E-state index in [1.807, 2.05) is 18.2 Å². The second-order valence-corrected chi connectivity index (χ2v) is 9.34. The molecule has 30 heavy (non-hydrogen) atoms. The Labute approximate surface area is 177 Å². The third-order valence-electron chi connectivity index (χ3n) is 5.13. The number of carbonyl (C=O) groups is 1. The van der Waals surface area contributed by atoms with Gasteiger partial charge in [-0.15, -0.1) is 0 Å². The zero-order chi connectivity index (χ0) is 21.7. The average molecular weight is 428 g/mol. The Bertz CT molecular complexity index is 1030. The van der Waals surface area contributed by atoms with Crippen LogP contribution >= 0.6 is 0 Å². The van der Waals surface area contributed by atoms with Crippen molar-refractivity contribution in [3.8, 4) is 11.8 Å². The number of carbonyl (C=O) groups excluding carboxylic acids is 1. The molecule has 0 radical (unpaired) electrons. The molecule has 3 rings (SSSR count). The molecule has 1 aliphatic rings. The second-order valence-electron chi connectivity index (χ2n) is 7.41. The highest BCUT2D eigenvalue weighted by molar-refractivity contribution is 7.89. The molecule has 7 nitrogen and oxygen atoms in total. The molecular formula is C22H25N3O4S. The zero-order valence-electron chi connectivity index (χ0n) is 17.1. The fourth-order valence-corrected chi connectivity index (χ4v) is 4.69. The van der Waals surface area contributed by atoms with Crippen LogP contribution < -0.4 is 4.74 Å². The summed E-state index contributed by atoms with van der Waals surface area (Å²) in [5, 5.41) is 9.09. The molecule has 0 spiro atoms. The molecule has 1 fully saturated rings. The molecule has 0 atom stereocenters. The normalized spacial score (nSPS) is 15.1. The average Bonchev–Trinajstić information content (AvgIpc) is 2.77. The quantitative estimate of drug-likeness (QED) is 0.707. The van der Waals surface area contributed by atoms with Crippen molar-refractivity contribution in [2.75, 3.05) is 32.8 Å². The van der Waals surface area contributed by atoms with E-state index >= 15 is 0 Å². The molecule has 1 heterocycles. The SMILES string of the molecule is CC(C)c1ccc(S(=O)(=O)N2CCN(C(=O)COc3ccccc3C#N)CC2)cc1. The topological polar surface area (TPSA) is 90.7 Å². The molecule has 1 amide bonds. The maximum atomic E-state index is 12.9. The van der Waals surface area contributed by atoms with E-state index in [1.165, 1.54) is 4.31 Å². The zero-order valence-corrected chi connectivity index (χ0v) is 17.9. The van der Waals surface area contributed by atoms with Crippen molar-refractivity contribution in [2.24, 2.45) is 0 Å². The molecule has 2 aromatic rings. The highest BCUT2D eigenvalue weighted by atomic mass is 32.2. The lowest BCUT2D eigenvalue weighted by molar-refractivity contribution is -0.134. The Morgan fingerprint density at radius 2 is 1.70 bits per heavy atom. The van der Waals surface area contributed by atoms with Crippen molar-refractivity contribution in [1.29, 1.82) is 5.26 Å². The van der Waals surface area contributed by atoms with Gasteiger partial charge in [0.25, 0.3) is 5.91 Å². The monoisotopic (exact) mass is 427 g/mol. The summed E-state index contributed by atoms with van der Waals surface area (Å²) in [7, 11) is -3.59. The fraction of sp³-hybridized carbons (Fsp3) is 0.364. The maximum Gasteiger partial charge on any atom is 0.260 e. The van der Waals surface area contributed by atoms with Crippen LogP contribution in [0, 0.1) is 11.3 Å². The molecule has 0 unspecified atom stereocenters. The van der Waals surface area contributed by atoms with E-state index in [0.29, 0.717) is 30.3 Å². The molecule has 2 aromatic carbocycles. The predicted molar refractivity (Wildman–Crippen MR) is 113 cm³/mol. The van der Waals surface area contributed by atoms with E-state index in [1.54, 1.807) is 41.3 Å². The lowest BCUT2D eigenvalue weighted by Crippen LogP contribution is -2.51. The summed E-state index contributed by atoms with van der Waals surface area (Å²) in [6.07, 6.45) is 0. The van der Waals surface area contributed by atoms with E-state index in [-0.39, 0.29) is 30.5 Å². The van der Waals surface area contributed by atoms with Crippen LogP contribution in [0.25, 0.3) is 0 Å². The van der Waals surface area contributed by atoms with E-state index in [0.717, 1.165) is 5.56 Å². The summed E-state index contributed by atoms with van der Waals surface area (Å²) in [5.74, 6) is 0.458. The van der Waals surface area contributed by atoms with Crippen LogP contribution in [0.15, 0.2) is 53.4 Å². The number of hydrogen-bond acceptors (Lipinski definition) is 5. The Kier molecular flexibility index (Phi) is 6.75. The number of amides is 1. The number of hydrogen-bond donors (Lipinski definition) is 0. The molecule has 8 heteroatoms. The largest absolute Gasteiger partial charge is 0.482 e. The Balaban J connectivity index is 1.57. The van der Waals surface area contributed by atoms with E-state index in [9.17, 15) is 13.2 Å². The van der Waals surface area contributed by atoms with Gasteiger partial charge in [-0.25, -0.2) is 8.42 Å². The first-order valence-electron chi connectivity index (χ1n) is 9.82. The number of ether oxygens (including phenoxy) is 1. The van der Waals surface area contributed by atoms with E-state index in [4.69, 9.17) is 10.00 Å². The first-order chi connectivity index (χ1) is 14.3. The molecule has 0 aliphatic carbocycles. The van der Waals surface area contributed by atoms with Crippen LogP contribution in [0.3, 0.4) is 0 Å². The molecular weight excluding hydrogens is 402 g/mol. The fourth-order valence-electron chi connectivity index (χ4n) is 3.27. The number of piperazine rings is 1. The minimum absolute atomic E-state index is 0.192. The van der Waals surface area contributed by atoms with Crippen molar-refractivity contribution < 1.29 is 17.9 Å². The van der Waals surface area contributed by atoms with Gasteiger partial charge in [0.15, 0.2) is 6.61 Å². The second kappa shape index (κ2) is 9.28. The van der Waals surface area contributed by atoms with Gasteiger partial charge in [-0.1, -0.05) is 38.1 Å². The van der Waals surface area contributed by atoms with Crippen LogP contribution in [-0.2, 0) is 14.8 Å². The van der Waals surface area contributed by atoms with Crippen LogP contribution in [0.2, 0.25) is 0 Å². The third kappa shape index (κ3) is 4.81. The number of nitrogens with zero attached hydrogens (tertiary/aromatic N) is 3. The first-order valence-corrected chi connectivity index (χ1v) is 11.3. The number of nitriles is 1. The summed E-state index contributed by atoms with van der Waals surface area (Å²) in [4.78, 5) is 14.3. The summed E-state index contributed by atoms with van der Waals surface area (Å²) in [6, 6.07) is 15.7. The Hall–Kier alpha value is -2.89. The van der Waals surface area contributed by atoms with Gasteiger partial charge >= 0.3 is 0 Å². The van der Waals surface area contributed by atoms with Crippen LogP contribution in [0.1, 0.15) is 30.9 Å². The van der Waals surface area contributed by atoms with Gasteiger partial charge in [-0.2, -0.15) is 9.57 Å². The van der Waals surface area contributed by atoms with Crippen molar-refractivity contribution >= 4 is 15.9 Å². The highest BCUT2D eigenvalue weighted by Crippen LogP contribution is 2.21. The molecule has 0 aromatic heterocycles. The molecule has 1 aliphatic heterocycles. The van der Waals surface area contributed by atoms with Crippen molar-refractivity contribution in [3.05, 3.63) is 59.7 Å². The third-order valence-corrected chi connectivity index (χ3v) is 7.05. The van der Waals surface area contributed by atoms with Gasteiger partial charge in [0.05, 0.1) is 10.5 Å². The Morgan fingerprint density at radius 1 is 1.07 bits per heavy atom. The molecule has 0 N–H and O–H groups in total. The number of rotatable bonds is 6. The van der Waals surface area contributed by atoms with Gasteiger partial charge in [0.1, 0.15) is 11.8 Å². The summed E-state index contributed by atoms with van der Waals surface area (Å²) >= 11 is 0.